The summed E-state index contributed by atoms with van der Waals surface area (Å²) in [7, 11) is 0. The molecule has 0 saturated heterocycles. The minimum atomic E-state index is -0.392. The normalized spacial score (nSPS) is 12.4. The number of ether oxygens (including phenoxy) is 4. The van der Waals surface area contributed by atoms with Gasteiger partial charge in [-0.05, 0) is 37.3 Å². The van der Waals surface area contributed by atoms with Crippen LogP contribution in [0.25, 0.3) is 22.1 Å². The Morgan fingerprint density at radius 2 is 1.59 bits per heavy atom. The minimum absolute atomic E-state index is 0.268. The molecule has 0 bridgehead atoms. The van der Waals surface area contributed by atoms with Crippen molar-refractivity contribution in [2.24, 2.45) is 5.92 Å². The molecular formula is C27H35NO6. The van der Waals surface area contributed by atoms with Crippen LogP contribution in [0.5, 0.6) is 5.88 Å². The highest BCUT2D eigenvalue weighted by molar-refractivity contribution is 5.81. The molecule has 0 saturated carbocycles. The van der Waals surface area contributed by atoms with Gasteiger partial charge in [0.15, 0.2) is 5.58 Å². The molecule has 0 spiro atoms. The monoisotopic (exact) mass is 469 g/mol. The van der Waals surface area contributed by atoms with Crippen molar-refractivity contribution < 1.29 is 23.4 Å². The van der Waals surface area contributed by atoms with Gasteiger partial charge in [-0.15, -0.1) is 0 Å². The fraction of sp³-hybridized carbons (Fsp3) is 0.481. The maximum Gasteiger partial charge on any atom is 0.344 e. The van der Waals surface area contributed by atoms with Crippen molar-refractivity contribution in [3.63, 3.8) is 0 Å². The number of benzene rings is 1. The Bertz CT molecular complexity index is 1050. The molecule has 0 aliphatic carbocycles. The van der Waals surface area contributed by atoms with Gasteiger partial charge in [0.2, 0.25) is 5.88 Å². The van der Waals surface area contributed by atoms with E-state index in [1.165, 1.54) is 12.6 Å². The summed E-state index contributed by atoms with van der Waals surface area (Å²) < 4.78 is 27.9. The first-order valence-electron chi connectivity index (χ1n) is 11.9. The molecule has 7 nitrogen and oxygen atoms in total. The van der Waals surface area contributed by atoms with Crippen molar-refractivity contribution in [2.45, 2.75) is 39.7 Å². The zero-order valence-electron chi connectivity index (χ0n) is 20.3. The second kappa shape index (κ2) is 13.8. The third kappa shape index (κ3) is 8.56. The maximum atomic E-state index is 12.3. The molecule has 34 heavy (non-hydrogen) atoms. The number of hydrogen-bond donors (Lipinski definition) is 0. The van der Waals surface area contributed by atoms with Crippen LogP contribution in [0.15, 0.2) is 57.9 Å². The standard InChI is InChI=1S/C27H35NO6/c1-20(2)9-10-21(3)32-15-13-30-11-12-31-14-16-33-26-18-23-17-24(22-7-5-4-6-8-22)27(29)34-25(23)19-28-26/h4-8,17-21H,9-16H2,1-3H3. The van der Waals surface area contributed by atoms with Crippen LogP contribution < -0.4 is 10.4 Å². The molecule has 0 aliphatic heterocycles. The lowest BCUT2D eigenvalue weighted by atomic mass is 10.1. The SMILES string of the molecule is CC(C)CCC(C)OCCOCCOCCOc1cc2cc(-c3ccccc3)c(=O)oc2cn1. The molecule has 3 rings (SSSR count). The molecule has 1 atom stereocenters. The van der Waals surface area contributed by atoms with Crippen LogP contribution in [0.1, 0.15) is 33.6 Å². The molecule has 0 radical (unpaired) electrons. The van der Waals surface area contributed by atoms with E-state index in [0.717, 1.165) is 17.4 Å². The molecule has 0 fully saturated rings. The number of pyridine rings is 1. The summed E-state index contributed by atoms with van der Waals surface area (Å²) in [5, 5.41) is 0.749. The highest BCUT2D eigenvalue weighted by Gasteiger charge is 2.09. The molecule has 7 heteroatoms. The summed E-state index contributed by atoms with van der Waals surface area (Å²) >= 11 is 0. The first-order chi connectivity index (χ1) is 16.5. The van der Waals surface area contributed by atoms with E-state index in [1.807, 2.05) is 30.3 Å². The van der Waals surface area contributed by atoms with Crippen LogP contribution in [0.2, 0.25) is 0 Å². The van der Waals surface area contributed by atoms with Gasteiger partial charge < -0.3 is 23.4 Å². The lowest BCUT2D eigenvalue weighted by molar-refractivity contribution is -0.0119. The maximum absolute atomic E-state index is 12.3. The van der Waals surface area contributed by atoms with Crippen LogP contribution in [-0.4, -0.2) is 50.7 Å². The Morgan fingerprint density at radius 1 is 0.882 bits per heavy atom. The Morgan fingerprint density at radius 3 is 2.32 bits per heavy atom. The number of nitrogens with zero attached hydrogens (tertiary/aromatic N) is 1. The van der Waals surface area contributed by atoms with Crippen LogP contribution in [0.4, 0.5) is 0 Å². The highest BCUT2D eigenvalue weighted by atomic mass is 16.6. The molecule has 184 valence electrons. The van der Waals surface area contributed by atoms with Crippen molar-refractivity contribution in [2.75, 3.05) is 39.6 Å². The zero-order valence-corrected chi connectivity index (χ0v) is 20.3. The summed E-state index contributed by atoms with van der Waals surface area (Å²) in [6, 6.07) is 13.0. The predicted molar refractivity (Wildman–Crippen MR) is 132 cm³/mol. The third-order valence-corrected chi connectivity index (χ3v) is 5.31. The van der Waals surface area contributed by atoms with Crippen LogP contribution in [0, 0.1) is 5.92 Å². The average molecular weight is 470 g/mol. The summed E-state index contributed by atoms with van der Waals surface area (Å²) in [4.78, 5) is 16.5. The van der Waals surface area contributed by atoms with E-state index in [1.54, 1.807) is 12.1 Å². The van der Waals surface area contributed by atoms with Gasteiger partial charge >= 0.3 is 5.63 Å². The number of hydrogen-bond acceptors (Lipinski definition) is 7. The lowest BCUT2D eigenvalue weighted by Gasteiger charge is -2.14. The molecule has 2 aromatic heterocycles. The van der Waals surface area contributed by atoms with Gasteiger partial charge in [0.25, 0.3) is 0 Å². The summed E-state index contributed by atoms with van der Waals surface area (Å²) in [6.45, 7) is 9.50. The third-order valence-electron chi connectivity index (χ3n) is 5.31. The summed E-state index contributed by atoms with van der Waals surface area (Å²) in [5.74, 6) is 1.15. The van der Waals surface area contributed by atoms with Gasteiger partial charge in [-0.25, -0.2) is 9.78 Å². The number of fused-ring (bicyclic) bond motifs is 1. The van der Waals surface area contributed by atoms with Crippen molar-refractivity contribution in [1.29, 1.82) is 0 Å². The van der Waals surface area contributed by atoms with Gasteiger partial charge in [-0.2, -0.15) is 0 Å². The molecule has 3 aromatic rings. The molecule has 0 N–H and O–H groups in total. The second-order valence-corrected chi connectivity index (χ2v) is 8.60. The topological polar surface area (TPSA) is 80.0 Å². The van der Waals surface area contributed by atoms with E-state index in [9.17, 15) is 4.79 Å². The van der Waals surface area contributed by atoms with E-state index in [4.69, 9.17) is 23.4 Å². The van der Waals surface area contributed by atoms with Gasteiger partial charge in [-0.1, -0.05) is 44.2 Å². The zero-order chi connectivity index (χ0) is 24.2. The largest absolute Gasteiger partial charge is 0.475 e. The van der Waals surface area contributed by atoms with E-state index < -0.39 is 5.63 Å². The van der Waals surface area contributed by atoms with Gasteiger partial charge in [-0.3, -0.25) is 0 Å². The van der Waals surface area contributed by atoms with E-state index in [-0.39, 0.29) is 6.10 Å². The Kier molecular flexibility index (Phi) is 10.5. The van der Waals surface area contributed by atoms with Crippen molar-refractivity contribution in [1.82, 2.24) is 4.98 Å². The first-order valence-corrected chi connectivity index (χ1v) is 11.9. The molecule has 1 unspecified atom stereocenters. The summed E-state index contributed by atoms with van der Waals surface area (Å²) in [5.41, 5.74) is 1.34. The van der Waals surface area contributed by atoms with E-state index in [2.05, 4.69) is 25.8 Å². The fourth-order valence-corrected chi connectivity index (χ4v) is 3.39. The molecule has 0 amide bonds. The van der Waals surface area contributed by atoms with E-state index >= 15 is 0 Å². The minimum Gasteiger partial charge on any atom is -0.475 e. The molecular weight excluding hydrogens is 434 g/mol. The van der Waals surface area contributed by atoms with Gasteiger partial charge in [0.05, 0.1) is 50.9 Å². The lowest BCUT2D eigenvalue weighted by Crippen LogP contribution is -2.16. The average Bonchev–Trinajstić information content (AvgIpc) is 2.84. The Labute approximate surface area is 201 Å². The second-order valence-electron chi connectivity index (χ2n) is 8.60. The van der Waals surface area contributed by atoms with Gasteiger partial charge in [0.1, 0.15) is 6.61 Å². The number of rotatable bonds is 15. The molecule has 2 heterocycles. The predicted octanol–water partition coefficient (Wildman–Crippen LogP) is 5.11. The Balaban J connectivity index is 1.33. The van der Waals surface area contributed by atoms with Crippen molar-refractivity contribution in [3.8, 4) is 17.0 Å². The van der Waals surface area contributed by atoms with Crippen LogP contribution in [-0.2, 0) is 14.2 Å². The molecule has 1 aromatic carbocycles. The smallest absolute Gasteiger partial charge is 0.344 e. The fourth-order valence-electron chi connectivity index (χ4n) is 3.39. The van der Waals surface area contributed by atoms with Crippen LogP contribution >= 0.6 is 0 Å². The first kappa shape index (κ1) is 25.9. The Hall–Kier alpha value is -2.74. The number of aromatic nitrogens is 1. The van der Waals surface area contributed by atoms with Crippen molar-refractivity contribution in [3.05, 3.63) is 59.1 Å². The van der Waals surface area contributed by atoms with Crippen LogP contribution in [0.3, 0.4) is 0 Å². The van der Waals surface area contributed by atoms with E-state index in [0.29, 0.717) is 62.6 Å². The van der Waals surface area contributed by atoms with Gasteiger partial charge in [0, 0.05) is 11.5 Å². The quantitative estimate of drug-likeness (QED) is 0.286. The highest BCUT2D eigenvalue weighted by Crippen LogP contribution is 2.22. The van der Waals surface area contributed by atoms with Crippen molar-refractivity contribution >= 4 is 11.0 Å². The summed E-state index contributed by atoms with van der Waals surface area (Å²) in [6.07, 6.45) is 4.03. The molecule has 0 aliphatic rings.